The average Bonchev–Trinajstić information content (AvgIpc) is 2.07. The van der Waals surface area contributed by atoms with Gasteiger partial charge in [0.1, 0.15) is 0 Å². The molecular weight excluding hydrogens is 204 g/mol. The Morgan fingerprint density at radius 3 is 2.46 bits per heavy atom. The Morgan fingerprint density at radius 2 is 1.92 bits per heavy atom. The summed E-state index contributed by atoms with van der Waals surface area (Å²) in [7, 11) is 0. The fourth-order valence-electron chi connectivity index (χ4n) is 0.863. The molecule has 13 heavy (non-hydrogen) atoms. The van der Waals surface area contributed by atoms with Gasteiger partial charge in [0, 0.05) is 4.90 Å². The van der Waals surface area contributed by atoms with Crippen molar-refractivity contribution in [3.8, 4) is 0 Å². The van der Waals surface area contributed by atoms with Crippen molar-refractivity contribution < 1.29 is 12.4 Å². The number of hydrogen-bond donors (Lipinski definition) is 2. The summed E-state index contributed by atoms with van der Waals surface area (Å²) in [4.78, 5) is 1.20. The zero-order valence-electron chi connectivity index (χ0n) is 7.59. The first-order valence-electron chi connectivity index (χ1n) is 4.02. The van der Waals surface area contributed by atoms with Gasteiger partial charge in [0.05, 0.1) is 11.4 Å². The van der Waals surface area contributed by atoms with Gasteiger partial charge in [-0.2, -0.15) is 0 Å². The van der Waals surface area contributed by atoms with E-state index in [-0.39, 0.29) is 12.4 Å². The molecule has 4 N–H and O–H groups in total. The Morgan fingerprint density at radius 1 is 1.23 bits per heavy atom. The highest BCUT2D eigenvalue weighted by Gasteiger charge is 1.96. The minimum absolute atomic E-state index is 0. The van der Waals surface area contributed by atoms with E-state index in [1.807, 2.05) is 30.0 Å². The molecule has 0 radical (unpaired) electrons. The second-order valence-corrected chi connectivity index (χ2v) is 3.81. The fourth-order valence-corrected chi connectivity index (χ4v) is 1.68. The lowest BCUT2D eigenvalue weighted by atomic mass is 10.3. The van der Waals surface area contributed by atoms with Crippen LogP contribution in [0, 0.1) is 0 Å². The highest BCUT2D eigenvalue weighted by Crippen LogP contribution is 2.24. The van der Waals surface area contributed by atoms with Crippen LogP contribution in [0.4, 0.5) is 11.4 Å². The second-order valence-electron chi connectivity index (χ2n) is 2.64. The molecule has 2 nitrogen and oxygen atoms in total. The zero-order chi connectivity index (χ0) is 8.97. The molecule has 1 aromatic rings. The van der Waals surface area contributed by atoms with Crippen LogP contribution >= 0.6 is 11.8 Å². The standard InChI is InChI=1S/C9H14N2S.ClH/c1-2-5-12-7-3-4-8(10)9(11)6-7;/h3-4,6H,2,5,10-11H2,1H3;1H/p-1. The smallest absolute Gasteiger partial charge is 0.0559 e. The van der Waals surface area contributed by atoms with Crippen LogP contribution in [0.2, 0.25) is 0 Å². The maximum Gasteiger partial charge on any atom is 0.0559 e. The van der Waals surface area contributed by atoms with Gasteiger partial charge in [-0.15, -0.1) is 11.8 Å². The SMILES string of the molecule is CCCSc1ccc(N)c(N)c1.[Cl-]. The van der Waals surface area contributed by atoms with Gasteiger partial charge in [-0.25, -0.2) is 0 Å². The van der Waals surface area contributed by atoms with Gasteiger partial charge in [0.15, 0.2) is 0 Å². The van der Waals surface area contributed by atoms with E-state index in [2.05, 4.69) is 6.92 Å². The Kier molecular flexibility index (Phi) is 5.75. The lowest BCUT2D eigenvalue weighted by Crippen LogP contribution is -3.00. The molecule has 1 aromatic carbocycles. The number of nitrogen functional groups attached to an aromatic ring is 2. The highest BCUT2D eigenvalue weighted by molar-refractivity contribution is 7.99. The Labute approximate surface area is 89.5 Å². The lowest BCUT2D eigenvalue weighted by molar-refractivity contribution is -0.00000253. The van der Waals surface area contributed by atoms with Crippen molar-refractivity contribution in [2.45, 2.75) is 18.2 Å². The van der Waals surface area contributed by atoms with E-state index >= 15 is 0 Å². The number of anilines is 2. The quantitative estimate of drug-likeness (QED) is 0.523. The maximum atomic E-state index is 5.65. The van der Waals surface area contributed by atoms with E-state index < -0.39 is 0 Å². The van der Waals surface area contributed by atoms with Crippen molar-refractivity contribution in [1.29, 1.82) is 0 Å². The summed E-state index contributed by atoms with van der Waals surface area (Å²) in [6.45, 7) is 2.16. The maximum absolute atomic E-state index is 5.65. The van der Waals surface area contributed by atoms with Gasteiger partial charge in [-0.05, 0) is 30.4 Å². The third-order valence-corrected chi connectivity index (χ3v) is 2.73. The molecule has 0 aliphatic carbocycles. The predicted octanol–water partition coefficient (Wildman–Crippen LogP) is -0.643. The first kappa shape index (κ1) is 12.5. The molecule has 0 aliphatic rings. The summed E-state index contributed by atoms with van der Waals surface area (Å²) in [5, 5.41) is 0. The normalized spacial score (nSPS) is 9.31. The van der Waals surface area contributed by atoms with Crippen LogP contribution in [-0.4, -0.2) is 5.75 Å². The molecule has 0 fully saturated rings. The summed E-state index contributed by atoms with van der Waals surface area (Å²) in [5.74, 6) is 1.13. The van der Waals surface area contributed by atoms with Crippen molar-refractivity contribution in [2.24, 2.45) is 0 Å². The molecule has 4 heteroatoms. The van der Waals surface area contributed by atoms with Gasteiger partial charge in [-0.1, -0.05) is 6.92 Å². The third kappa shape index (κ3) is 3.79. The van der Waals surface area contributed by atoms with Crippen molar-refractivity contribution in [3.05, 3.63) is 18.2 Å². The molecule has 0 amide bonds. The Hall–Kier alpha value is -0.540. The van der Waals surface area contributed by atoms with Crippen LogP contribution in [0.1, 0.15) is 13.3 Å². The van der Waals surface area contributed by atoms with Crippen molar-refractivity contribution in [1.82, 2.24) is 0 Å². The van der Waals surface area contributed by atoms with Crippen LogP contribution in [0.3, 0.4) is 0 Å². The van der Waals surface area contributed by atoms with E-state index in [1.54, 1.807) is 0 Å². The van der Waals surface area contributed by atoms with E-state index in [0.29, 0.717) is 11.4 Å². The molecule has 0 saturated carbocycles. The van der Waals surface area contributed by atoms with Crippen LogP contribution < -0.4 is 23.9 Å². The minimum atomic E-state index is 0. The fraction of sp³-hybridized carbons (Fsp3) is 0.333. The number of hydrogen-bond acceptors (Lipinski definition) is 3. The van der Waals surface area contributed by atoms with E-state index in [9.17, 15) is 0 Å². The number of nitrogens with two attached hydrogens (primary N) is 2. The van der Waals surface area contributed by atoms with E-state index in [4.69, 9.17) is 11.5 Å². The van der Waals surface area contributed by atoms with Crippen molar-refractivity contribution in [2.75, 3.05) is 17.2 Å². The van der Waals surface area contributed by atoms with E-state index in [1.165, 1.54) is 11.3 Å². The summed E-state index contributed by atoms with van der Waals surface area (Å²) in [6, 6.07) is 5.79. The molecule has 74 valence electrons. The third-order valence-electron chi connectivity index (χ3n) is 1.53. The van der Waals surface area contributed by atoms with Crippen LogP contribution in [0.5, 0.6) is 0 Å². The number of rotatable bonds is 3. The van der Waals surface area contributed by atoms with Gasteiger partial charge in [0.25, 0.3) is 0 Å². The van der Waals surface area contributed by atoms with Gasteiger partial charge >= 0.3 is 0 Å². The number of benzene rings is 1. The van der Waals surface area contributed by atoms with Crippen molar-refractivity contribution in [3.63, 3.8) is 0 Å². The minimum Gasteiger partial charge on any atom is -1.00 e. The lowest BCUT2D eigenvalue weighted by Gasteiger charge is -2.03. The molecule has 0 unspecified atom stereocenters. The second kappa shape index (κ2) is 6.00. The monoisotopic (exact) mass is 217 g/mol. The van der Waals surface area contributed by atoms with Gasteiger partial charge < -0.3 is 23.9 Å². The largest absolute Gasteiger partial charge is 1.00 e. The number of halogens is 1. The molecule has 0 heterocycles. The highest BCUT2D eigenvalue weighted by atomic mass is 35.5. The summed E-state index contributed by atoms with van der Waals surface area (Å²) < 4.78 is 0. The number of thioether (sulfide) groups is 1. The van der Waals surface area contributed by atoms with Gasteiger partial charge in [-0.3, -0.25) is 0 Å². The zero-order valence-corrected chi connectivity index (χ0v) is 9.16. The molecule has 0 saturated heterocycles. The van der Waals surface area contributed by atoms with Gasteiger partial charge in [0.2, 0.25) is 0 Å². The van der Waals surface area contributed by atoms with E-state index in [0.717, 1.165) is 5.75 Å². The molecule has 0 bridgehead atoms. The topological polar surface area (TPSA) is 52.0 Å². The summed E-state index contributed by atoms with van der Waals surface area (Å²) in [6.07, 6.45) is 1.18. The molecule has 0 aromatic heterocycles. The van der Waals surface area contributed by atoms with Crippen LogP contribution in [0.15, 0.2) is 23.1 Å². The predicted molar refractivity (Wildman–Crippen MR) is 56.3 cm³/mol. The first-order valence-corrected chi connectivity index (χ1v) is 5.00. The van der Waals surface area contributed by atoms with Crippen LogP contribution in [-0.2, 0) is 0 Å². The summed E-state index contributed by atoms with van der Waals surface area (Å²) >= 11 is 1.81. The molecule has 0 spiro atoms. The molecular formula is C9H14ClN2S-. The summed E-state index contributed by atoms with van der Waals surface area (Å²) in [5.41, 5.74) is 12.6. The first-order chi connectivity index (χ1) is 5.74. The molecule has 1 rings (SSSR count). The Bertz CT molecular complexity index is 266. The van der Waals surface area contributed by atoms with Crippen molar-refractivity contribution >= 4 is 23.1 Å². The molecule has 0 aliphatic heterocycles. The molecule has 0 atom stereocenters. The Balaban J connectivity index is 0.00000144. The van der Waals surface area contributed by atoms with Crippen LogP contribution in [0.25, 0.3) is 0 Å². The average molecular weight is 218 g/mol.